The van der Waals surface area contributed by atoms with Gasteiger partial charge < -0.3 is 5.32 Å². The number of carbonyl (C=O) groups excluding carboxylic acids is 1. The molecule has 0 bridgehead atoms. The van der Waals surface area contributed by atoms with Crippen molar-refractivity contribution in [1.82, 2.24) is 9.62 Å². The third-order valence-electron chi connectivity index (χ3n) is 4.17. The number of sulfonamides is 1. The van der Waals surface area contributed by atoms with E-state index < -0.39 is 10.0 Å². The summed E-state index contributed by atoms with van der Waals surface area (Å²) in [4.78, 5) is 12.5. The fourth-order valence-electron chi connectivity index (χ4n) is 2.63. The minimum absolute atomic E-state index is 0.0321. The first kappa shape index (κ1) is 22.7. The molecule has 0 saturated carbocycles. The Labute approximate surface area is 176 Å². The van der Waals surface area contributed by atoms with Gasteiger partial charge in [0, 0.05) is 23.1 Å². The van der Waals surface area contributed by atoms with E-state index in [1.54, 1.807) is 36.4 Å². The van der Waals surface area contributed by atoms with Crippen LogP contribution < -0.4 is 5.32 Å². The van der Waals surface area contributed by atoms with Crippen molar-refractivity contribution in [2.45, 2.75) is 37.6 Å². The fraction of sp³-hybridized carbons (Fsp3) is 0.350. The lowest BCUT2D eigenvalue weighted by atomic mass is 10.2. The monoisotopic (exact) mass is 442 g/mol. The van der Waals surface area contributed by atoms with Gasteiger partial charge in [0.25, 0.3) is 0 Å². The molecule has 0 aromatic heterocycles. The second-order valence-electron chi connectivity index (χ2n) is 6.38. The molecule has 2 rings (SSSR count). The highest BCUT2D eigenvalue weighted by Gasteiger charge is 2.27. The van der Waals surface area contributed by atoms with Crippen molar-refractivity contribution in [2.24, 2.45) is 0 Å². The van der Waals surface area contributed by atoms with E-state index in [1.165, 1.54) is 12.1 Å². The zero-order chi connectivity index (χ0) is 20.6. The van der Waals surface area contributed by atoms with Crippen LogP contribution in [0.5, 0.6) is 0 Å². The molecule has 2 aromatic carbocycles. The van der Waals surface area contributed by atoms with Crippen molar-refractivity contribution in [2.75, 3.05) is 13.1 Å². The Kier molecular flexibility index (Phi) is 8.76. The van der Waals surface area contributed by atoms with Crippen LogP contribution in [-0.2, 0) is 21.4 Å². The highest BCUT2D eigenvalue weighted by atomic mass is 35.5. The Bertz CT molecular complexity index is 890. The molecule has 0 aliphatic rings. The van der Waals surface area contributed by atoms with Crippen molar-refractivity contribution >= 4 is 39.1 Å². The van der Waals surface area contributed by atoms with Gasteiger partial charge in [-0.3, -0.25) is 4.79 Å². The number of hydrogen-bond acceptors (Lipinski definition) is 3. The summed E-state index contributed by atoms with van der Waals surface area (Å²) in [5.41, 5.74) is 0.573. The first-order valence-electron chi connectivity index (χ1n) is 9.10. The van der Waals surface area contributed by atoms with Gasteiger partial charge in [-0.2, -0.15) is 4.31 Å². The van der Waals surface area contributed by atoms with Gasteiger partial charge in [0.1, 0.15) is 0 Å². The largest absolute Gasteiger partial charge is 0.355 e. The van der Waals surface area contributed by atoms with Crippen LogP contribution in [0.2, 0.25) is 10.0 Å². The molecule has 152 valence electrons. The van der Waals surface area contributed by atoms with E-state index in [-0.39, 0.29) is 23.9 Å². The topological polar surface area (TPSA) is 66.5 Å². The van der Waals surface area contributed by atoms with Gasteiger partial charge in [0.05, 0.1) is 11.4 Å². The first-order chi connectivity index (χ1) is 13.3. The van der Waals surface area contributed by atoms with Crippen LogP contribution in [0.3, 0.4) is 0 Å². The molecule has 8 heteroatoms. The SMILES string of the molecule is CCCCCNC(=O)CN(Cc1ccc(Cl)cc1Cl)S(=O)(=O)c1ccccc1. The number of amides is 1. The molecule has 5 nitrogen and oxygen atoms in total. The van der Waals surface area contributed by atoms with Gasteiger partial charge in [-0.25, -0.2) is 8.42 Å². The van der Waals surface area contributed by atoms with E-state index in [0.717, 1.165) is 23.6 Å². The van der Waals surface area contributed by atoms with Crippen LogP contribution in [0.15, 0.2) is 53.4 Å². The smallest absolute Gasteiger partial charge is 0.243 e. The van der Waals surface area contributed by atoms with E-state index in [1.807, 2.05) is 0 Å². The van der Waals surface area contributed by atoms with Crippen LogP contribution >= 0.6 is 23.2 Å². The molecule has 0 aliphatic carbocycles. The summed E-state index contributed by atoms with van der Waals surface area (Å²) in [7, 11) is -3.88. The zero-order valence-corrected chi connectivity index (χ0v) is 18.0. The van der Waals surface area contributed by atoms with Crippen LogP contribution in [0.25, 0.3) is 0 Å². The van der Waals surface area contributed by atoms with Gasteiger partial charge in [-0.05, 0) is 36.2 Å². The highest BCUT2D eigenvalue weighted by molar-refractivity contribution is 7.89. The van der Waals surface area contributed by atoms with E-state index in [2.05, 4.69) is 12.2 Å². The maximum absolute atomic E-state index is 13.1. The Hall–Kier alpha value is -1.60. The minimum Gasteiger partial charge on any atom is -0.355 e. The molecule has 0 atom stereocenters. The summed E-state index contributed by atoms with van der Waals surface area (Å²) in [6, 6.07) is 12.9. The Morgan fingerprint density at radius 2 is 1.79 bits per heavy atom. The normalized spacial score (nSPS) is 11.6. The molecule has 0 fully saturated rings. The maximum Gasteiger partial charge on any atom is 0.243 e. The predicted molar refractivity (Wildman–Crippen MR) is 113 cm³/mol. The summed E-state index contributed by atoms with van der Waals surface area (Å²) in [5.74, 6) is -0.347. The first-order valence-corrected chi connectivity index (χ1v) is 11.3. The summed E-state index contributed by atoms with van der Waals surface area (Å²) in [6.07, 6.45) is 2.91. The van der Waals surface area contributed by atoms with Crippen LogP contribution in [0, 0.1) is 0 Å². The standard InChI is InChI=1S/C20H24Cl2N2O3S/c1-2-3-7-12-23-20(25)15-24(14-16-10-11-17(21)13-19(16)22)28(26,27)18-8-5-4-6-9-18/h4-6,8-11,13H,2-3,7,12,14-15H2,1H3,(H,23,25). The minimum atomic E-state index is -3.88. The van der Waals surface area contributed by atoms with E-state index in [0.29, 0.717) is 22.2 Å². The second kappa shape index (κ2) is 10.8. The van der Waals surface area contributed by atoms with Crippen LogP contribution in [-0.4, -0.2) is 31.7 Å². The lowest BCUT2D eigenvalue weighted by Crippen LogP contribution is -2.40. The van der Waals surface area contributed by atoms with Gasteiger partial charge in [0.2, 0.25) is 15.9 Å². The molecule has 0 radical (unpaired) electrons. The van der Waals surface area contributed by atoms with Crippen molar-refractivity contribution in [3.05, 3.63) is 64.1 Å². The number of carbonyl (C=O) groups is 1. The maximum atomic E-state index is 13.1. The molecule has 0 aliphatic heterocycles. The predicted octanol–water partition coefficient (Wildman–Crippen LogP) is 4.49. The molecule has 28 heavy (non-hydrogen) atoms. The highest BCUT2D eigenvalue weighted by Crippen LogP contribution is 2.25. The Morgan fingerprint density at radius 1 is 1.07 bits per heavy atom. The zero-order valence-electron chi connectivity index (χ0n) is 15.7. The average molecular weight is 443 g/mol. The van der Waals surface area contributed by atoms with Crippen LogP contribution in [0.1, 0.15) is 31.7 Å². The molecule has 0 saturated heterocycles. The van der Waals surface area contributed by atoms with Gasteiger partial charge in [-0.15, -0.1) is 0 Å². The molecule has 1 N–H and O–H groups in total. The van der Waals surface area contributed by atoms with Crippen molar-refractivity contribution in [3.8, 4) is 0 Å². The molecule has 0 heterocycles. The summed E-state index contributed by atoms with van der Waals surface area (Å²) in [6.45, 7) is 2.28. The van der Waals surface area contributed by atoms with E-state index >= 15 is 0 Å². The summed E-state index contributed by atoms with van der Waals surface area (Å²) in [5, 5.41) is 3.59. The number of nitrogens with one attached hydrogen (secondary N) is 1. The molecular formula is C20H24Cl2N2O3S. The second-order valence-corrected chi connectivity index (χ2v) is 9.16. The Balaban J connectivity index is 2.23. The van der Waals surface area contributed by atoms with E-state index in [4.69, 9.17) is 23.2 Å². The number of halogens is 2. The van der Waals surface area contributed by atoms with Crippen molar-refractivity contribution < 1.29 is 13.2 Å². The molecule has 2 aromatic rings. The molecule has 1 amide bonds. The number of nitrogens with zero attached hydrogens (tertiary/aromatic N) is 1. The number of benzene rings is 2. The van der Waals surface area contributed by atoms with Crippen molar-refractivity contribution in [3.63, 3.8) is 0 Å². The summed E-state index contributed by atoms with van der Waals surface area (Å²) < 4.78 is 27.3. The van der Waals surface area contributed by atoms with Gasteiger partial charge in [0.15, 0.2) is 0 Å². The summed E-state index contributed by atoms with van der Waals surface area (Å²) >= 11 is 12.1. The number of hydrogen-bond donors (Lipinski definition) is 1. The lowest BCUT2D eigenvalue weighted by molar-refractivity contribution is -0.121. The molecular weight excluding hydrogens is 419 g/mol. The number of rotatable bonds is 10. The quantitative estimate of drug-likeness (QED) is 0.551. The van der Waals surface area contributed by atoms with Gasteiger partial charge in [-0.1, -0.05) is 67.2 Å². The van der Waals surface area contributed by atoms with E-state index in [9.17, 15) is 13.2 Å². The van der Waals surface area contributed by atoms with Crippen molar-refractivity contribution in [1.29, 1.82) is 0 Å². The molecule has 0 spiro atoms. The third-order valence-corrected chi connectivity index (χ3v) is 6.56. The number of unbranched alkanes of at least 4 members (excludes halogenated alkanes) is 2. The average Bonchev–Trinajstić information content (AvgIpc) is 2.67. The fourth-order valence-corrected chi connectivity index (χ4v) is 4.49. The third kappa shape index (κ3) is 6.48. The van der Waals surface area contributed by atoms with Crippen LogP contribution in [0.4, 0.5) is 0 Å². The molecule has 0 unspecified atom stereocenters. The Morgan fingerprint density at radius 3 is 2.43 bits per heavy atom. The lowest BCUT2D eigenvalue weighted by Gasteiger charge is -2.22. The van der Waals surface area contributed by atoms with Gasteiger partial charge >= 0.3 is 0 Å².